The van der Waals surface area contributed by atoms with Gasteiger partial charge in [-0.25, -0.2) is 8.78 Å². The van der Waals surface area contributed by atoms with E-state index in [2.05, 4.69) is 19.9 Å². The van der Waals surface area contributed by atoms with Gasteiger partial charge >= 0.3 is 0 Å². The van der Waals surface area contributed by atoms with Crippen LogP contribution < -0.4 is 0 Å². The molecule has 0 spiro atoms. The fourth-order valence-corrected chi connectivity index (χ4v) is 2.05. The van der Waals surface area contributed by atoms with Gasteiger partial charge in [0.15, 0.2) is 0 Å². The molecule has 0 unspecified atom stereocenters. The molecule has 15 heavy (non-hydrogen) atoms. The molecule has 0 radical (unpaired) electrons. The second kappa shape index (κ2) is 3.76. The summed E-state index contributed by atoms with van der Waals surface area (Å²) in [6.07, 6.45) is 0.654. The van der Waals surface area contributed by atoms with Crippen molar-refractivity contribution in [2.75, 3.05) is 0 Å². The number of rotatable bonds is 2. The van der Waals surface area contributed by atoms with Crippen LogP contribution in [0.5, 0.6) is 0 Å². The number of allylic oxidation sites excluding steroid dienone is 2. The van der Waals surface area contributed by atoms with Crippen LogP contribution >= 0.6 is 0 Å². The Bertz CT molecular complexity index is 403. The fraction of sp³-hybridized carbons (Fsp3) is 0.385. The average molecular weight is 208 g/mol. The SMILES string of the molecule is CC(C)C1=CCc2ccc(C(F)F)cc21. The van der Waals surface area contributed by atoms with Gasteiger partial charge in [-0.2, -0.15) is 0 Å². The van der Waals surface area contributed by atoms with Crippen molar-refractivity contribution in [2.24, 2.45) is 5.92 Å². The van der Waals surface area contributed by atoms with Crippen molar-refractivity contribution in [3.05, 3.63) is 41.0 Å². The highest BCUT2D eigenvalue weighted by atomic mass is 19.3. The molecule has 1 aliphatic carbocycles. The largest absolute Gasteiger partial charge is 0.263 e. The van der Waals surface area contributed by atoms with Crippen LogP contribution in [0.3, 0.4) is 0 Å². The zero-order chi connectivity index (χ0) is 11.0. The maximum atomic E-state index is 12.5. The van der Waals surface area contributed by atoms with E-state index < -0.39 is 6.43 Å². The van der Waals surface area contributed by atoms with Crippen LogP contribution in [0.4, 0.5) is 8.78 Å². The Morgan fingerprint density at radius 1 is 1.20 bits per heavy atom. The first-order chi connectivity index (χ1) is 7.09. The quantitative estimate of drug-likeness (QED) is 0.682. The molecule has 2 heteroatoms. The molecule has 0 heterocycles. The lowest BCUT2D eigenvalue weighted by Crippen LogP contribution is -1.94. The van der Waals surface area contributed by atoms with Gasteiger partial charge in [-0.05, 0) is 35.1 Å². The Kier molecular flexibility index (Phi) is 2.59. The van der Waals surface area contributed by atoms with Crippen LogP contribution in [0.2, 0.25) is 0 Å². The predicted octanol–water partition coefficient (Wildman–Crippen LogP) is 4.22. The molecular weight excluding hydrogens is 194 g/mol. The molecule has 0 fully saturated rings. The summed E-state index contributed by atoms with van der Waals surface area (Å²) in [5.41, 5.74) is 3.51. The lowest BCUT2D eigenvalue weighted by Gasteiger charge is -2.11. The van der Waals surface area contributed by atoms with E-state index in [0.717, 1.165) is 12.0 Å². The Morgan fingerprint density at radius 3 is 2.53 bits per heavy atom. The zero-order valence-corrected chi connectivity index (χ0v) is 8.93. The topological polar surface area (TPSA) is 0 Å². The molecule has 1 aliphatic rings. The van der Waals surface area contributed by atoms with Gasteiger partial charge in [0.2, 0.25) is 0 Å². The molecule has 0 saturated heterocycles. The number of hydrogen-bond donors (Lipinski definition) is 0. The highest BCUT2D eigenvalue weighted by molar-refractivity contribution is 5.74. The zero-order valence-electron chi connectivity index (χ0n) is 8.93. The summed E-state index contributed by atoms with van der Waals surface area (Å²) in [5, 5.41) is 0. The van der Waals surface area contributed by atoms with Crippen LogP contribution in [0, 0.1) is 5.92 Å². The molecule has 0 amide bonds. The van der Waals surface area contributed by atoms with E-state index in [-0.39, 0.29) is 5.56 Å². The first-order valence-corrected chi connectivity index (χ1v) is 5.21. The summed E-state index contributed by atoms with van der Waals surface area (Å²) in [5.74, 6) is 0.402. The summed E-state index contributed by atoms with van der Waals surface area (Å²) >= 11 is 0. The van der Waals surface area contributed by atoms with Gasteiger partial charge in [0.1, 0.15) is 0 Å². The molecule has 1 aromatic carbocycles. The standard InChI is InChI=1S/C13H14F2/c1-8(2)11-6-5-9-3-4-10(13(14)15)7-12(9)11/h3-4,6-8,13H,5H2,1-2H3. The van der Waals surface area contributed by atoms with E-state index >= 15 is 0 Å². The van der Waals surface area contributed by atoms with Crippen LogP contribution in [0.15, 0.2) is 24.3 Å². The van der Waals surface area contributed by atoms with E-state index in [1.165, 1.54) is 17.2 Å². The molecule has 0 N–H and O–H groups in total. The highest BCUT2D eigenvalue weighted by Gasteiger charge is 2.18. The molecule has 0 nitrogen and oxygen atoms in total. The van der Waals surface area contributed by atoms with Gasteiger partial charge in [0, 0.05) is 5.56 Å². The highest BCUT2D eigenvalue weighted by Crippen LogP contribution is 2.35. The van der Waals surface area contributed by atoms with E-state index in [0.29, 0.717) is 5.92 Å². The second-order valence-electron chi connectivity index (χ2n) is 4.24. The number of alkyl halides is 2. The fourth-order valence-electron chi connectivity index (χ4n) is 2.05. The summed E-state index contributed by atoms with van der Waals surface area (Å²) in [6, 6.07) is 4.99. The Labute approximate surface area is 88.6 Å². The molecule has 1 aromatic rings. The minimum absolute atomic E-state index is 0.127. The smallest absolute Gasteiger partial charge is 0.205 e. The van der Waals surface area contributed by atoms with Crippen LogP contribution in [0.1, 0.15) is 37.0 Å². The van der Waals surface area contributed by atoms with Crippen LogP contribution in [0.25, 0.3) is 5.57 Å². The van der Waals surface area contributed by atoms with Gasteiger partial charge in [0.25, 0.3) is 6.43 Å². The third kappa shape index (κ3) is 1.81. The molecular formula is C13H14F2. The van der Waals surface area contributed by atoms with Gasteiger partial charge < -0.3 is 0 Å². The maximum absolute atomic E-state index is 12.5. The van der Waals surface area contributed by atoms with Crippen LogP contribution in [-0.2, 0) is 6.42 Å². The van der Waals surface area contributed by atoms with Crippen molar-refractivity contribution in [1.82, 2.24) is 0 Å². The van der Waals surface area contributed by atoms with Gasteiger partial charge in [-0.3, -0.25) is 0 Å². The number of hydrogen-bond acceptors (Lipinski definition) is 0. The minimum atomic E-state index is -2.37. The molecule has 0 bridgehead atoms. The van der Waals surface area contributed by atoms with Gasteiger partial charge in [0.05, 0.1) is 0 Å². The summed E-state index contributed by atoms with van der Waals surface area (Å²) < 4.78 is 25.1. The summed E-state index contributed by atoms with van der Waals surface area (Å²) in [7, 11) is 0. The Hall–Kier alpha value is -1.18. The summed E-state index contributed by atoms with van der Waals surface area (Å²) in [6.45, 7) is 4.19. The molecule has 0 aromatic heterocycles. The van der Waals surface area contributed by atoms with Gasteiger partial charge in [-0.15, -0.1) is 0 Å². The molecule has 0 saturated carbocycles. The first-order valence-electron chi connectivity index (χ1n) is 5.21. The maximum Gasteiger partial charge on any atom is 0.263 e. The van der Waals surface area contributed by atoms with Crippen LogP contribution in [-0.4, -0.2) is 0 Å². The monoisotopic (exact) mass is 208 g/mol. The number of benzene rings is 1. The number of fused-ring (bicyclic) bond motifs is 1. The lowest BCUT2D eigenvalue weighted by atomic mass is 9.95. The molecule has 0 atom stereocenters. The van der Waals surface area contributed by atoms with E-state index in [9.17, 15) is 8.78 Å². The predicted molar refractivity (Wildman–Crippen MR) is 57.9 cm³/mol. The summed E-state index contributed by atoms with van der Waals surface area (Å²) in [4.78, 5) is 0. The second-order valence-corrected chi connectivity index (χ2v) is 4.24. The van der Waals surface area contributed by atoms with Crippen molar-refractivity contribution >= 4 is 5.57 Å². The third-order valence-electron chi connectivity index (χ3n) is 2.86. The molecule has 0 aliphatic heterocycles. The van der Waals surface area contributed by atoms with E-state index in [4.69, 9.17) is 0 Å². The Balaban J connectivity index is 2.43. The first kappa shape index (κ1) is 10.3. The average Bonchev–Trinajstić information content (AvgIpc) is 2.59. The minimum Gasteiger partial charge on any atom is -0.205 e. The van der Waals surface area contributed by atoms with Crippen molar-refractivity contribution in [3.63, 3.8) is 0 Å². The van der Waals surface area contributed by atoms with E-state index in [1.54, 1.807) is 6.07 Å². The molecule has 2 rings (SSSR count). The van der Waals surface area contributed by atoms with Crippen molar-refractivity contribution in [1.29, 1.82) is 0 Å². The van der Waals surface area contributed by atoms with Gasteiger partial charge in [-0.1, -0.05) is 32.1 Å². The normalized spacial score (nSPS) is 14.7. The Morgan fingerprint density at radius 2 is 1.93 bits per heavy atom. The van der Waals surface area contributed by atoms with Crippen molar-refractivity contribution in [3.8, 4) is 0 Å². The number of halogens is 2. The third-order valence-corrected chi connectivity index (χ3v) is 2.86. The molecule has 80 valence electrons. The lowest BCUT2D eigenvalue weighted by molar-refractivity contribution is 0.151. The van der Waals surface area contributed by atoms with Crippen molar-refractivity contribution < 1.29 is 8.78 Å². The van der Waals surface area contributed by atoms with Crippen molar-refractivity contribution in [2.45, 2.75) is 26.7 Å². The van der Waals surface area contributed by atoms with E-state index in [1.807, 2.05) is 6.07 Å².